The number of fused-ring (bicyclic) bond motifs is 1. The molecule has 0 fully saturated rings. The number of aryl methyl sites for hydroxylation is 3. The van der Waals surface area contributed by atoms with E-state index in [-0.39, 0.29) is 0 Å². The number of rotatable bonds is 4. The highest BCUT2D eigenvalue weighted by Gasteiger charge is 2.10. The Morgan fingerprint density at radius 1 is 1.24 bits per heavy atom. The van der Waals surface area contributed by atoms with E-state index in [4.69, 9.17) is 0 Å². The SMILES string of the molecule is Cc1cccc(CCc2nc(C=O)c3ccc(Br)cn23)c1. The summed E-state index contributed by atoms with van der Waals surface area (Å²) < 4.78 is 2.96. The molecule has 0 atom stereocenters. The molecule has 106 valence electrons. The van der Waals surface area contributed by atoms with Gasteiger partial charge in [0.1, 0.15) is 11.5 Å². The lowest BCUT2D eigenvalue weighted by Gasteiger charge is -2.03. The van der Waals surface area contributed by atoms with Gasteiger partial charge < -0.3 is 4.40 Å². The highest BCUT2D eigenvalue weighted by Crippen LogP contribution is 2.18. The summed E-state index contributed by atoms with van der Waals surface area (Å²) in [6, 6.07) is 12.3. The quantitative estimate of drug-likeness (QED) is 0.671. The zero-order valence-corrected chi connectivity index (χ0v) is 13.3. The van der Waals surface area contributed by atoms with Gasteiger partial charge in [-0.25, -0.2) is 4.98 Å². The Morgan fingerprint density at radius 3 is 2.86 bits per heavy atom. The molecular weight excluding hydrogens is 328 g/mol. The molecule has 21 heavy (non-hydrogen) atoms. The summed E-state index contributed by atoms with van der Waals surface area (Å²) in [5.74, 6) is 0.912. The molecule has 1 aromatic carbocycles. The van der Waals surface area contributed by atoms with Crippen molar-refractivity contribution in [3.63, 3.8) is 0 Å². The first-order valence-electron chi connectivity index (χ1n) is 6.84. The van der Waals surface area contributed by atoms with Crippen LogP contribution in [0.25, 0.3) is 5.52 Å². The second kappa shape index (κ2) is 5.82. The lowest BCUT2D eigenvalue weighted by atomic mass is 10.1. The molecule has 0 spiro atoms. The summed E-state index contributed by atoms with van der Waals surface area (Å²) in [5, 5.41) is 0. The van der Waals surface area contributed by atoms with E-state index in [1.807, 2.05) is 22.7 Å². The van der Waals surface area contributed by atoms with Crippen molar-refractivity contribution in [3.05, 3.63) is 69.7 Å². The Balaban J connectivity index is 1.93. The fourth-order valence-electron chi connectivity index (χ4n) is 2.53. The van der Waals surface area contributed by atoms with Crippen molar-refractivity contribution < 1.29 is 4.79 Å². The third-order valence-electron chi connectivity index (χ3n) is 3.53. The molecule has 0 unspecified atom stereocenters. The van der Waals surface area contributed by atoms with Crippen molar-refractivity contribution >= 4 is 27.7 Å². The zero-order chi connectivity index (χ0) is 14.8. The van der Waals surface area contributed by atoms with Crippen LogP contribution in [0, 0.1) is 6.92 Å². The largest absolute Gasteiger partial charge is 0.302 e. The summed E-state index contributed by atoms with van der Waals surface area (Å²) in [6.45, 7) is 2.09. The predicted octanol–water partition coefficient (Wildman–Crippen LogP) is 4.00. The molecule has 2 aromatic heterocycles. The van der Waals surface area contributed by atoms with Gasteiger partial charge in [-0.3, -0.25) is 4.79 Å². The number of hydrogen-bond acceptors (Lipinski definition) is 2. The van der Waals surface area contributed by atoms with Gasteiger partial charge in [-0.05, 0) is 47.0 Å². The third-order valence-corrected chi connectivity index (χ3v) is 4.00. The van der Waals surface area contributed by atoms with Crippen LogP contribution in [0.1, 0.15) is 27.4 Å². The number of halogens is 1. The first kappa shape index (κ1) is 14.0. The number of pyridine rings is 1. The number of nitrogens with zero attached hydrogens (tertiary/aromatic N) is 2. The molecule has 0 saturated heterocycles. The molecule has 3 rings (SSSR count). The molecule has 3 aromatic rings. The molecule has 4 heteroatoms. The molecule has 3 nitrogen and oxygen atoms in total. The van der Waals surface area contributed by atoms with Crippen LogP contribution in [0.2, 0.25) is 0 Å². The van der Waals surface area contributed by atoms with Crippen LogP contribution < -0.4 is 0 Å². The molecular formula is C17H15BrN2O. The maximum atomic E-state index is 11.2. The van der Waals surface area contributed by atoms with Crippen LogP contribution in [0.15, 0.2) is 47.1 Å². The van der Waals surface area contributed by atoms with Crippen LogP contribution in [-0.2, 0) is 12.8 Å². The molecule has 0 bridgehead atoms. The van der Waals surface area contributed by atoms with E-state index in [0.29, 0.717) is 5.69 Å². The summed E-state index contributed by atoms with van der Waals surface area (Å²) >= 11 is 3.47. The maximum absolute atomic E-state index is 11.2. The normalized spacial score (nSPS) is 11.0. The Morgan fingerprint density at radius 2 is 2.10 bits per heavy atom. The summed E-state index contributed by atoms with van der Waals surface area (Å²) in [5.41, 5.74) is 3.90. The second-order valence-corrected chi connectivity index (χ2v) is 6.04. The average molecular weight is 343 g/mol. The van der Waals surface area contributed by atoms with E-state index in [9.17, 15) is 4.79 Å². The van der Waals surface area contributed by atoms with E-state index in [1.54, 1.807) is 0 Å². The van der Waals surface area contributed by atoms with Gasteiger partial charge in [0.25, 0.3) is 0 Å². The van der Waals surface area contributed by atoms with Gasteiger partial charge in [0.2, 0.25) is 0 Å². The molecule has 0 aliphatic heterocycles. The third kappa shape index (κ3) is 2.90. The lowest BCUT2D eigenvalue weighted by molar-refractivity contribution is 0.112. The number of aromatic nitrogens is 2. The maximum Gasteiger partial charge on any atom is 0.170 e. The fraction of sp³-hybridized carbons (Fsp3) is 0.176. The van der Waals surface area contributed by atoms with Crippen molar-refractivity contribution in [2.75, 3.05) is 0 Å². The molecule has 2 heterocycles. The average Bonchev–Trinajstić information content (AvgIpc) is 2.82. The molecule has 0 aliphatic rings. The van der Waals surface area contributed by atoms with Gasteiger partial charge in [-0.15, -0.1) is 0 Å². The fourth-order valence-corrected chi connectivity index (χ4v) is 2.87. The monoisotopic (exact) mass is 342 g/mol. The molecule has 0 radical (unpaired) electrons. The van der Waals surface area contributed by atoms with Gasteiger partial charge in [-0.1, -0.05) is 29.8 Å². The van der Waals surface area contributed by atoms with Crippen molar-refractivity contribution in [2.45, 2.75) is 19.8 Å². The van der Waals surface area contributed by atoms with Crippen molar-refractivity contribution in [3.8, 4) is 0 Å². The van der Waals surface area contributed by atoms with Crippen LogP contribution in [0.3, 0.4) is 0 Å². The lowest BCUT2D eigenvalue weighted by Crippen LogP contribution is -1.98. The molecule has 0 amide bonds. The minimum Gasteiger partial charge on any atom is -0.302 e. The van der Waals surface area contributed by atoms with E-state index in [1.165, 1.54) is 11.1 Å². The highest BCUT2D eigenvalue weighted by molar-refractivity contribution is 9.10. The molecule has 0 aliphatic carbocycles. The standard InChI is InChI=1S/C17H15BrN2O/c1-12-3-2-4-13(9-12)5-8-17-19-15(11-21)16-7-6-14(18)10-20(16)17/h2-4,6-7,9-11H,5,8H2,1H3. The van der Waals surface area contributed by atoms with Gasteiger partial charge in [0, 0.05) is 17.1 Å². The van der Waals surface area contributed by atoms with E-state index < -0.39 is 0 Å². The number of imidazole rings is 1. The van der Waals surface area contributed by atoms with Crippen molar-refractivity contribution in [1.82, 2.24) is 9.38 Å². The first-order chi connectivity index (χ1) is 10.2. The zero-order valence-electron chi connectivity index (χ0n) is 11.7. The van der Waals surface area contributed by atoms with Gasteiger partial charge in [0.15, 0.2) is 6.29 Å². The summed E-state index contributed by atoms with van der Waals surface area (Å²) in [6.07, 6.45) is 4.49. The minimum absolute atomic E-state index is 0.502. The summed E-state index contributed by atoms with van der Waals surface area (Å²) in [4.78, 5) is 15.6. The Kier molecular flexibility index (Phi) is 3.88. The number of carbonyl (C=O) groups is 1. The Hall–Kier alpha value is -1.94. The Labute approximate surface area is 131 Å². The van der Waals surface area contributed by atoms with E-state index in [2.05, 4.69) is 52.1 Å². The van der Waals surface area contributed by atoms with Gasteiger partial charge >= 0.3 is 0 Å². The highest BCUT2D eigenvalue weighted by atomic mass is 79.9. The molecule has 0 N–H and O–H groups in total. The van der Waals surface area contributed by atoms with Gasteiger partial charge in [-0.2, -0.15) is 0 Å². The minimum atomic E-state index is 0.502. The van der Waals surface area contributed by atoms with Crippen LogP contribution in [-0.4, -0.2) is 15.7 Å². The number of hydrogen-bond donors (Lipinski definition) is 0. The van der Waals surface area contributed by atoms with Crippen LogP contribution >= 0.6 is 15.9 Å². The van der Waals surface area contributed by atoms with E-state index >= 15 is 0 Å². The number of carbonyl (C=O) groups excluding carboxylic acids is 1. The number of aldehydes is 1. The Bertz CT molecular complexity index is 808. The summed E-state index contributed by atoms with van der Waals surface area (Å²) in [7, 11) is 0. The van der Waals surface area contributed by atoms with Crippen LogP contribution in [0.4, 0.5) is 0 Å². The van der Waals surface area contributed by atoms with Crippen molar-refractivity contribution in [2.24, 2.45) is 0 Å². The van der Waals surface area contributed by atoms with Crippen LogP contribution in [0.5, 0.6) is 0 Å². The smallest absolute Gasteiger partial charge is 0.170 e. The van der Waals surface area contributed by atoms with Gasteiger partial charge in [0.05, 0.1) is 5.52 Å². The first-order valence-corrected chi connectivity index (χ1v) is 7.64. The van der Waals surface area contributed by atoms with E-state index in [0.717, 1.165) is 34.9 Å². The molecule has 0 saturated carbocycles. The van der Waals surface area contributed by atoms with Crippen molar-refractivity contribution in [1.29, 1.82) is 0 Å². The predicted molar refractivity (Wildman–Crippen MR) is 86.9 cm³/mol. The second-order valence-electron chi connectivity index (χ2n) is 5.12. The topological polar surface area (TPSA) is 34.4 Å². The number of benzene rings is 1.